The molecule has 1 rings (SSSR count). The van der Waals surface area contributed by atoms with Crippen molar-refractivity contribution in [1.29, 1.82) is 0 Å². The predicted molar refractivity (Wildman–Crippen MR) is 66.7 cm³/mol. The molecule has 1 aromatic carbocycles. The molecule has 17 heavy (non-hydrogen) atoms. The van der Waals surface area contributed by atoms with E-state index in [-0.39, 0.29) is 30.8 Å². The van der Waals surface area contributed by atoms with Crippen LogP contribution in [-0.4, -0.2) is 12.6 Å². The Bertz CT molecular complexity index is 337. The molecule has 5 heteroatoms. The molecule has 0 radical (unpaired) electrons. The van der Waals surface area contributed by atoms with Gasteiger partial charge in [0, 0.05) is 6.04 Å². The molecule has 0 aliphatic heterocycles. The van der Waals surface area contributed by atoms with Crippen molar-refractivity contribution in [1.82, 2.24) is 0 Å². The van der Waals surface area contributed by atoms with Gasteiger partial charge in [0.2, 0.25) is 0 Å². The minimum absolute atomic E-state index is 0. The summed E-state index contributed by atoms with van der Waals surface area (Å²) in [5.41, 5.74) is 6.29. The van der Waals surface area contributed by atoms with Crippen molar-refractivity contribution in [3.05, 3.63) is 29.3 Å². The number of halogens is 3. The lowest BCUT2D eigenvalue weighted by atomic mass is 10.0. The van der Waals surface area contributed by atoms with Crippen molar-refractivity contribution in [2.24, 2.45) is 5.73 Å². The molecule has 0 aliphatic rings. The van der Waals surface area contributed by atoms with Gasteiger partial charge in [-0.25, -0.2) is 8.78 Å². The van der Waals surface area contributed by atoms with E-state index >= 15 is 0 Å². The molecule has 1 atom stereocenters. The zero-order valence-corrected chi connectivity index (χ0v) is 10.8. The highest BCUT2D eigenvalue weighted by atomic mass is 35.5. The van der Waals surface area contributed by atoms with Crippen LogP contribution in [-0.2, 0) is 6.42 Å². The quantitative estimate of drug-likeness (QED) is 0.888. The first-order valence-electron chi connectivity index (χ1n) is 5.44. The Morgan fingerprint density at radius 1 is 1.24 bits per heavy atom. The van der Waals surface area contributed by atoms with Gasteiger partial charge in [-0.15, -0.1) is 12.4 Å². The lowest BCUT2D eigenvalue weighted by Crippen LogP contribution is -2.21. The number of rotatable bonds is 5. The van der Waals surface area contributed by atoms with Gasteiger partial charge in [-0.1, -0.05) is 6.92 Å². The van der Waals surface area contributed by atoms with Gasteiger partial charge in [-0.05, 0) is 37.5 Å². The van der Waals surface area contributed by atoms with Crippen LogP contribution in [0.2, 0.25) is 0 Å². The molecule has 2 N–H and O–H groups in total. The van der Waals surface area contributed by atoms with E-state index in [1.807, 2.05) is 6.92 Å². The Morgan fingerprint density at radius 2 is 1.76 bits per heavy atom. The third-order valence-corrected chi connectivity index (χ3v) is 2.37. The third kappa shape index (κ3) is 4.48. The van der Waals surface area contributed by atoms with Crippen LogP contribution in [0.4, 0.5) is 8.78 Å². The van der Waals surface area contributed by atoms with E-state index in [2.05, 4.69) is 0 Å². The van der Waals surface area contributed by atoms with Crippen LogP contribution in [0, 0.1) is 11.6 Å². The van der Waals surface area contributed by atoms with Crippen LogP contribution < -0.4 is 10.5 Å². The summed E-state index contributed by atoms with van der Waals surface area (Å²) in [4.78, 5) is 0. The van der Waals surface area contributed by atoms with E-state index in [9.17, 15) is 8.78 Å². The lowest BCUT2D eigenvalue weighted by Gasteiger charge is -2.11. The lowest BCUT2D eigenvalue weighted by molar-refractivity contribution is 0.302. The van der Waals surface area contributed by atoms with Crippen LogP contribution in [0.25, 0.3) is 0 Å². The molecule has 1 aromatic rings. The molecular formula is C12H18ClF2NO. The number of nitrogens with two attached hydrogens (primary N) is 1. The topological polar surface area (TPSA) is 35.2 Å². The highest BCUT2D eigenvalue weighted by Gasteiger charge is 2.13. The van der Waals surface area contributed by atoms with Gasteiger partial charge in [-0.3, -0.25) is 0 Å². The van der Waals surface area contributed by atoms with E-state index in [4.69, 9.17) is 10.5 Å². The molecule has 0 saturated carbocycles. The summed E-state index contributed by atoms with van der Waals surface area (Å²) in [6.45, 7) is 3.85. The van der Waals surface area contributed by atoms with Crippen LogP contribution in [0.3, 0.4) is 0 Å². The van der Waals surface area contributed by atoms with Gasteiger partial charge in [0.05, 0.1) is 6.61 Å². The van der Waals surface area contributed by atoms with Crippen molar-refractivity contribution >= 4 is 12.4 Å². The zero-order chi connectivity index (χ0) is 12.1. The van der Waals surface area contributed by atoms with Crippen LogP contribution in [0.15, 0.2) is 12.1 Å². The first-order chi connectivity index (χ1) is 7.58. The first-order valence-corrected chi connectivity index (χ1v) is 5.44. The van der Waals surface area contributed by atoms with Crippen molar-refractivity contribution in [3.63, 3.8) is 0 Å². The average molecular weight is 266 g/mol. The standard InChI is InChI=1S/C12H17F2NO.ClH/c1-3-9(15)5-8-6-10(13)12(16-4-2)11(14)7-8;/h6-7,9H,3-5,15H2,1-2H3;1H. The number of hydrogen-bond acceptors (Lipinski definition) is 2. The molecule has 2 nitrogen and oxygen atoms in total. The second-order valence-corrected chi connectivity index (χ2v) is 3.69. The van der Waals surface area contributed by atoms with Gasteiger partial charge in [-0.2, -0.15) is 0 Å². The van der Waals surface area contributed by atoms with Crippen molar-refractivity contribution in [2.75, 3.05) is 6.61 Å². The molecule has 0 amide bonds. The van der Waals surface area contributed by atoms with Crippen molar-refractivity contribution in [2.45, 2.75) is 32.7 Å². The highest BCUT2D eigenvalue weighted by molar-refractivity contribution is 5.85. The number of benzene rings is 1. The maximum absolute atomic E-state index is 13.4. The number of hydrogen-bond donors (Lipinski definition) is 1. The summed E-state index contributed by atoms with van der Waals surface area (Å²) >= 11 is 0. The monoisotopic (exact) mass is 265 g/mol. The van der Waals surface area contributed by atoms with Crippen LogP contribution in [0.1, 0.15) is 25.8 Å². The van der Waals surface area contributed by atoms with Gasteiger partial charge < -0.3 is 10.5 Å². The van der Waals surface area contributed by atoms with Gasteiger partial charge in [0.1, 0.15) is 0 Å². The third-order valence-electron chi connectivity index (χ3n) is 2.37. The largest absolute Gasteiger partial charge is 0.488 e. The molecule has 0 spiro atoms. The summed E-state index contributed by atoms with van der Waals surface area (Å²) in [5, 5.41) is 0. The second kappa shape index (κ2) is 7.45. The molecule has 0 bridgehead atoms. The fourth-order valence-electron chi connectivity index (χ4n) is 1.46. The molecule has 0 fully saturated rings. The van der Waals surface area contributed by atoms with Crippen molar-refractivity contribution < 1.29 is 13.5 Å². The minimum atomic E-state index is -0.667. The summed E-state index contributed by atoms with van der Waals surface area (Å²) < 4.78 is 31.8. The fraction of sp³-hybridized carbons (Fsp3) is 0.500. The molecular weight excluding hydrogens is 248 g/mol. The summed E-state index contributed by atoms with van der Waals surface area (Å²) in [6, 6.07) is 2.49. The van der Waals surface area contributed by atoms with Crippen LogP contribution in [0.5, 0.6) is 5.75 Å². The Hall–Kier alpha value is -0.870. The van der Waals surface area contributed by atoms with E-state index in [1.165, 1.54) is 12.1 Å². The van der Waals surface area contributed by atoms with Gasteiger partial charge in [0.15, 0.2) is 17.4 Å². The predicted octanol–water partition coefficient (Wildman–Crippen LogP) is 3.07. The summed E-state index contributed by atoms with van der Waals surface area (Å²) in [5.74, 6) is -1.64. The summed E-state index contributed by atoms with van der Waals surface area (Å²) in [7, 11) is 0. The Kier molecular flexibility index (Phi) is 7.07. The Labute approximate surface area is 107 Å². The maximum atomic E-state index is 13.4. The summed E-state index contributed by atoms with van der Waals surface area (Å²) in [6.07, 6.45) is 1.24. The first kappa shape index (κ1) is 16.1. The van der Waals surface area contributed by atoms with Gasteiger partial charge >= 0.3 is 0 Å². The number of ether oxygens (including phenoxy) is 1. The molecule has 98 valence electrons. The molecule has 0 saturated heterocycles. The minimum Gasteiger partial charge on any atom is -0.488 e. The zero-order valence-electron chi connectivity index (χ0n) is 10.0. The molecule has 1 unspecified atom stereocenters. The van der Waals surface area contributed by atoms with Gasteiger partial charge in [0.25, 0.3) is 0 Å². The van der Waals surface area contributed by atoms with E-state index in [0.717, 1.165) is 6.42 Å². The smallest absolute Gasteiger partial charge is 0.190 e. The Balaban J connectivity index is 0.00000256. The normalized spacial score (nSPS) is 11.8. The van der Waals surface area contributed by atoms with E-state index in [0.29, 0.717) is 12.0 Å². The van der Waals surface area contributed by atoms with E-state index in [1.54, 1.807) is 6.92 Å². The maximum Gasteiger partial charge on any atom is 0.190 e. The molecule has 0 heterocycles. The molecule has 0 aromatic heterocycles. The SMILES string of the molecule is CCOc1c(F)cc(CC(N)CC)cc1F.Cl. The van der Waals surface area contributed by atoms with Crippen LogP contribution >= 0.6 is 12.4 Å². The van der Waals surface area contributed by atoms with Crippen molar-refractivity contribution in [3.8, 4) is 5.75 Å². The Morgan fingerprint density at radius 3 is 2.18 bits per heavy atom. The average Bonchev–Trinajstić information content (AvgIpc) is 2.23. The highest BCUT2D eigenvalue weighted by Crippen LogP contribution is 2.23. The second-order valence-electron chi connectivity index (χ2n) is 3.69. The molecule has 0 aliphatic carbocycles. The fourth-order valence-corrected chi connectivity index (χ4v) is 1.46. The van der Waals surface area contributed by atoms with E-state index < -0.39 is 11.6 Å².